The van der Waals surface area contributed by atoms with Gasteiger partial charge in [0, 0.05) is 37.4 Å². The monoisotopic (exact) mass is 390 g/mol. The number of ether oxygens (including phenoxy) is 1. The van der Waals surface area contributed by atoms with Gasteiger partial charge in [-0.1, -0.05) is 23.9 Å². The van der Waals surface area contributed by atoms with Crippen LogP contribution in [0.5, 0.6) is 0 Å². The van der Waals surface area contributed by atoms with Gasteiger partial charge in [-0.15, -0.1) is 11.3 Å². The molecule has 3 heterocycles. The number of carbonyl (C=O) groups excluding carboxylic acids is 1. The number of hydrogen-bond acceptors (Lipinski definition) is 6. The average molecular weight is 391 g/mol. The number of thiazole rings is 1. The van der Waals surface area contributed by atoms with E-state index in [9.17, 15) is 9.90 Å². The van der Waals surface area contributed by atoms with E-state index >= 15 is 0 Å². The highest BCUT2D eigenvalue weighted by Gasteiger charge is 2.37. The minimum Gasteiger partial charge on any atom is -0.384 e. The van der Waals surface area contributed by atoms with Gasteiger partial charge in [-0.05, 0) is 25.0 Å². The van der Waals surface area contributed by atoms with E-state index in [4.69, 9.17) is 4.74 Å². The van der Waals surface area contributed by atoms with Crippen molar-refractivity contribution >= 4 is 34.7 Å². The van der Waals surface area contributed by atoms with Crippen LogP contribution >= 0.6 is 23.1 Å². The molecule has 26 heavy (non-hydrogen) atoms. The van der Waals surface area contributed by atoms with E-state index in [1.165, 1.54) is 16.9 Å². The number of carbonyl (C=O) groups is 1. The van der Waals surface area contributed by atoms with E-state index in [0.29, 0.717) is 25.9 Å². The first-order valence-corrected chi connectivity index (χ1v) is 10.5. The quantitative estimate of drug-likeness (QED) is 0.868. The normalized spacial score (nSPS) is 26.0. The summed E-state index contributed by atoms with van der Waals surface area (Å²) in [4.78, 5) is 20.3. The van der Waals surface area contributed by atoms with Crippen LogP contribution in [0, 0.1) is 0 Å². The molecule has 1 aromatic heterocycles. The third kappa shape index (κ3) is 3.29. The molecule has 2 atom stereocenters. The van der Waals surface area contributed by atoms with Crippen LogP contribution in [0.2, 0.25) is 0 Å². The fraction of sp³-hybridized carbons (Fsp3) is 0.474. The molecule has 0 saturated carbocycles. The summed E-state index contributed by atoms with van der Waals surface area (Å²) in [6.45, 7) is 2.56. The van der Waals surface area contributed by atoms with Gasteiger partial charge in [0.2, 0.25) is 5.91 Å². The zero-order valence-electron chi connectivity index (χ0n) is 14.9. The molecule has 0 unspecified atom stereocenters. The second-order valence-corrected chi connectivity index (χ2v) is 9.30. The maximum atomic E-state index is 12.1. The molecule has 4 rings (SSSR count). The molecule has 1 aromatic carbocycles. The van der Waals surface area contributed by atoms with E-state index < -0.39 is 5.60 Å². The lowest BCUT2D eigenvalue weighted by Crippen LogP contribution is -2.36. The number of rotatable bonds is 3. The molecule has 1 N–H and O–H groups in total. The zero-order chi connectivity index (χ0) is 18.3. The summed E-state index contributed by atoms with van der Waals surface area (Å²) in [7, 11) is 1.84. The van der Waals surface area contributed by atoms with Gasteiger partial charge < -0.3 is 14.7 Å². The second-order valence-electron chi connectivity index (χ2n) is 6.98. The van der Waals surface area contributed by atoms with Gasteiger partial charge in [0.15, 0.2) is 4.34 Å². The van der Waals surface area contributed by atoms with Crippen LogP contribution in [-0.2, 0) is 21.6 Å². The Balaban J connectivity index is 1.60. The Bertz CT molecular complexity index is 838. The van der Waals surface area contributed by atoms with Gasteiger partial charge >= 0.3 is 0 Å². The maximum absolute atomic E-state index is 12.1. The third-order valence-electron chi connectivity index (χ3n) is 5.08. The van der Waals surface area contributed by atoms with Crippen molar-refractivity contribution in [1.29, 1.82) is 0 Å². The fourth-order valence-corrected chi connectivity index (χ4v) is 5.95. The van der Waals surface area contributed by atoms with Crippen LogP contribution in [0.25, 0.3) is 0 Å². The van der Waals surface area contributed by atoms with Gasteiger partial charge in [0.1, 0.15) is 5.60 Å². The predicted molar refractivity (Wildman–Crippen MR) is 103 cm³/mol. The summed E-state index contributed by atoms with van der Waals surface area (Å²) in [6.07, 6.45) is 4.38. The lowest BCUT2D eigenvalue weighted by Gasteiger charge is -2.34. The first kappa shape index (κ1) is 18.0. The number of fused-ring (bicyclic) bond motifs is 1. The van der Waals surface area contributed by atoms with Crippen LogP contribution in [0.15, 0.2) is 33.6 Å². The Morgan fingerprint density at radius 2 is 2.27 bits per heavy atom. The van der Waals surface area contributed by atoms with Crippen LogP contribution in [0.1, 0.15) is 36.6 Å². The molecule has 1 amide bonds. The summed E-state index contributed by atoms with van der Waals surface area (Å²) >= 11 is 3.09. The molecule has 138 valence electrons. The Morgan fingerprint density at radius 3 is 3.08 bits per heavy atom. The summed E-state index contributed by atoms with van der Waals surface area (Å²) in [5, 5.41) is 11.0. The molecule has 7 heteroatoms. The molecule has 0 spiro atoms. The fourth-order valence-electron chi connectivity index (χ4n) is 3.67. The van der Waals surface area contributed by atoms with Crippen LogP contribution < -0.4 is 4.90 Å². The number of aromatic nitrogens is 1. The van der Waals surface area contributed by atoms with Gasteiger partial charge in [-0.3, -0.25) is 4.79 Å². The molecule has 1 fully saturated rings. The Kier molecular flexibility index (Phi) is 4.81. The topological polar surface area (TPSA) is 62.7 Å². The van der Waals surface area contributed by atoms with Gasteiger partial charge in [0.25, 0.3) is 0 Å². The van der Waals surface area contributed by atoms with Crippen LogP contribution in [0.4, 0.5) is 5.69 Å². The van der Waals surface area contributed by atoms with E-state index in [0.717, 1.165) is 26.2 Å². The van der Waals surface area contributed by atoms with Crippen LogP contribution in [0.3, 0.4) is 0 Å². The lowest BCUT2D eigenvalue weighted by molar-refractivity contribution is -0.118. The molecule has 2 aromatic rings. The van der Waals surface area contributed by atoms with Gasteiger partial charge in [-0.2, -0.15) is 0 Å². The smallest absolute Gasteiger partial charge is 0.227 e. The molecule has 1 saturated heterocycles. The molecular formula is C19H22N2O3S2. The summed E-state index contributed by atoms with van der Waals surface area (Å²) in [5.41, 5.74) is 1.34. The van der Waals surface area contributed by atoms with Crippen molar-refractivity contribution in [3.8, 4) is 0 Å². The number of aliphatic hydroxyl groups is 1. The maximum Gasteiger partial charge on any atom is 0.227 e. The van der Waals surface area contributed by atoms with Crippen molar-refractivity contribution in [2.24, 2.45) is 0 Å². The van der Waals surface area contributed by atoms with Crippen molar-refractivity contribution in [3.63, 3.8) is 0 Å². The number of aryl methyl sites for hydroxylation is 1. The zero-order valence-corrected chi connectivity index (χ0v) is 16.5. The lowest BCUT2D eigenvalue weighted by atomic mass is 9.90. The third-order valence-corrected chi connectivity index (χ3v) is 7.40. The summed E-state index contributed by atoms with van der Waals surface area (Å²) < 4.78 is 6.44. The van der Waals surface area contributed by atoms with Crippen molar-refractivity contribution in [2.75, 3.05) is 18.6 Å². The van der Waals surface area contributed by atoms with Crippen LogP contribution in [-0.4, -0.2) is 35.8 Å². The number of amides is 1. The highest BCUT2D eigenvalue weighted by molar-refractivity contribution is 8.01. The summed E-state index contributed by atoms with van der Waals surface area (Å²) in [6, 6.07) is 6.15. The second kappa shape index (κ2) is 6.96. The highest BCUT2D eigenvalue weighted by atomic mass is 32.2. The predicted octanol–water partition coefficient (Wildman–Crippen LogP) is 3.59. The molecule has 0 aliphatic carbocycles. The van der Waals surface area contributed by atoms with E-state index in [1.807, 2.05) is 26.1 Å². The number of nitrogens with zero attached hydrogens (tertiary/aromatic N) is 2. The minimum absolute atomic E-state index is 0.0488. The van der Waals surface area contributed by atoms with Crippen molar-refractivity contribution in [2.45, 2.75) is 53.5 Å². The average Bonchev–Trinajstić information content (AvgIpc) is 3.08. The summed E-state index contributed by atoms with van der Waals surface area (Å²) in [5.74, 6) is 0.149. The molecule has 2 aliphatic heterocycles. The molecule has 2 aliphatic rings. The first-order chi connectivity index (χ1) is 12.5. The largest absolute Gasteiger partial charge is 0.384 e. The van der Waals surface area contributed by atoms with Gasteiger partial charge in [-0.25, -0.2) is 4.98 Å². The SMILES string of the molecule is C[C@H]1C[C@@](O)(c2cnc(Sc3cccc4c3N(C)C(=O)CC4)s2)CCO1. The first-order valence-electron chi connectivity index (χ1n) is 8.83. The van der Waals surface area contributed by atoms with Crippen molar-refractivity contribution in [3.05, 3.63) is 34.8 Å². The number of hydrogen-bond donors (Lipinski definition) is 1. The Hall–Kier alpha value is -1.41. The molecular weight excluding hydrogens is 368 g/mol. The molecule has 0 bridgehead atoms. The van der Waals surface area contributed by atoms with Crippen molar-refractivity contribution < 1.29 is 14.6 Å². The standard InChI is InChI=1S/C19H22N2O3S2/c1-12-10-19(23,8-9-24-12)15-11-20-18(26-15)25-14-5-3-4-13-6-7-16(22)21(2)17(13)14/h3-5,11-12,23H,6-10H2,1-2H3/t12-,19+/m0/s1. The van der Waals surface area contributed by atoms with Gasteiger partial charge in [0.05, 0.1) is 23.3 Å². The Labute approximate surface area is 161 Å². The van der Waals surface area contributed by atoms with E-state index in [1.54, 1.807) is 22.9 Å². The Morgan fingerprint density at radius 1 is 1.42 bits per heavy atom. The number of benzene rings is 1. The minimum atomic E-state index is -0.850. The van der Waals surface area contributed by atoms with Crippen molar-refractivity contribution in [1.82, 2.24) is 4.98 Å². The highest BCUT2D eigenvalue weighted by Crippen LogP contribution is 2.44. The number of anilines is 1. The van der Waals surface area contributed by atoms with E-state index in [2.05, 4.69) is 11.1 Å². The molecule has 0 radical (unpaired) electrons. The van der Waals surface area contributed by atoms with E-state index in [-0.39, 0.29) is 12.0 Å². The molecule has 5 nitrogen and oxygen atoms in total. The number of para-hydroxylation sites is 1.